The second kappa shape index (κ2) is 6.73. The molecule has 2 aromatic rings. The highest BCUT2D eigenvalue weighted by molar-refractivity contribution is 6.30. The summed E-state index contributed by atoms with van der Waals surface area (Å²) in [7, 11) is 0. The number of hydrogen-bond acceptors (Lipinski definition) is 3. The van der Waals surface area contributed by atoms with Crippen LogP contribution in [0.4, 0.5) is 5.69 Å². The SMILES string of the molecule is CCN(Cc1cccc(C)n1)c1ccc(Cl)cc1CO. The number of hydrogen-bond donors (Lipinski definition) is 1. The zero-order valence-corrected chi connectivity index (χ0v) is 12.6. The third-order valence-corrected chi connectivity index (χ3v) is 3.47. The summed E-state index contributed by atoms with van der Waals surface area (Å²) in [6.07, 6.45) is 0. The predicted octanol–water partition coefficient (Wildman–Crippen LogP) is 3.56. The van der Waals surface area contributed by atoms with Gasteiger partial charge in [0.1, 0.15) is 0 Å². The van der Waals surface area contributed by atoms with Crippen LogP contribution in [0.5, 0.6) is 0 Å². The fraction of sp³-hybridized carbons (Fsp3) is 0.312. The van der Waals surface area contributed by atoms with Gasteiger partial charge in [-0.15, -0.1) is 0 Å². The average molecular weight is 291 g/mol. The first-order valence-electron chi connectivity index (χ1n) is 6.70. The lowest BCUT2D eigenvalue weighted by Crippen LogP contribution is -2.24. The van der Waals surface area contributed by atoms with Crippen LogP contribution < -0.4 is 4.90 Å². The van der Waals surface area contributed by atoms with E-state index in [4.69, 9.17) is 11.6 Å². The van der Waals surface area contributed by atoms with Crippen LogP contribution in [0.25, 0.3) is 0 Å². The van der Waals surface area contributed by atoms with Crippen molar-refractivity contribution in [3.8, 4) is 0 Å². The van der Waals surface area contributed by atoms with Crippen molar-refractivity contribution in [2.75, 3.05) is 11.4 Å². The molecule has 0 aliphatic heterocycles. The molecule has 1 aromatic carbocycles. The first-order chi connectivity index (χ1) is 9.63. The van der Waals surface area contributed by atoms with Gasteiger partial charge in [-0.3, -0.25) is 4.98 Å². The van der Waals surface area contributed by atoms with E-state index in [0.29, 0.717) is 11.6 Å². The van der Waals surface area contributed by atoms with E-state index >= 15 is 0 Å². The van der Waals surface area contributed by atoms with Gasteiger partial charge in [-0.05, 0) is 44.2 Å². The molecule has 0 saturated carbocycles. The minimum Gasteiger partial charge on any atom is -0.392 e. The molecule has 0 bridgehead atoms. The summed E-state index contributed by atoms with van der Waals surface area (Å²) in [6.45, 7) is 5.61. The highest BCUT2D eigenvalue weighted by atomic mass is 35.5. The number of halogens is 1. The van der Waals surface area contributed by atoms with Crippen LogP contribution in [0.3, 0.4) is 0 Å². The van der Waals surface area contributed by atoms with E-state index < -0.39 is 0 Å². The number of aliphatic hydroxyl groups excluding tert-OH is 1. The lowest BCUT2D eigenvalue weighted by atomic mass is 10.1. The number of aryl methyl sites for hydroxylation is 1. The van der Waals surface area contributed by atoms with Crippen LogP contribution in [-0.2, 0) is 13.2 Å². The lowest BCUT2D eigenvalue weighted by Gasteiger charge is -2.25. The van der Waals surface area contributed by atoms with E-state index in [1.807, 2.05) is 43.3 Å². The van der Waals surface area contributed by atoms with Gasteiger partial charge < -0.3 is 10.0 Å². The highest BCUT2D eigenvalue weighted by Crippen LogP contribution is 2.25. The molecule has 3 nitrogen and oxygen atoms in total. The number of nitrogens with zero attached hydrogens (tertiary/aromatic N) is 2. The maximum Gasteiger partial charge on any atom is 0.0702 e. The molecule has 0 atom stereocenters. The van der Waals surface area contributed by atoms with Crippen LogP contribution >= 0.6 is 11.6 Å². The molecular weight excluding hydrogens is 272 g/mol. The molecule has 106 valence electrons. The van der Waals surface area contributed by atoms with Crippen molar-refractivity contribution in [1.29, 1.82) is 0 Å². The maximum atomic E-state index is 9.50. The number of aromatic nitrogens is 1. The van der Waals surface area contributed by atoms with Crippen molar-refractivity contribution >= 4 is 17.3 Å². The summed E-state index contributed by atoms with van der Waals surface area (Å²) in [4.78, 5) is 6.71. The highest BCUT2D eigenvalue weighted by Gasteiger charge is 2.11. The minimum absolute atomic E-state index is 0.0202. The van der Waals surface area contributed by atoms with Crippen molar-refractivity contribution < 1.29 is 5.11 Å². The number of anilines is 1. The molecule has 1 aromatic heterocycles. The molecule has 2 rings (SSSR count). The van der Waals surface area contributed by atoms with Gasteiger partial charge in [-0.2, -0.15) is 0 Å². The predicted molar refractivity (Wildman–Crippen MR) is 83.1 cm³/mol. The summed E-state index contributed by atoms with van der Waals surface area (Å²) >= 11 is 5.98. The molecule has 0 fully saturated rings. The molecule has 0 aliphatic rings. The second-order valence-electron chi connectivity index (χ2n) is 4.72. The van der Waals surface area contributed by atoms with Crippen LogP contribution in [0, 0.1) is 6.92 Å². The zero-order valence-electron chi connectivity index (χ0n) is 11.8. The van der Waals surface area contributed by atoms with Gasteiger partial charge in [0.2, 0.25) is 0 Å². The molecule has 0 aliphatic carbocycles. The Bertz CT molecular complexity index is 586. The minimum atomic E-state index is -0.0202. The molecular formula is C16H19ClN2O. The third-order valence-electron chi connectivity index (χ3n) is 3.23. The summed E-state index contributed by atoms with van der Waals surface area (Å²) in [5, 5.41) is 10.1. The number of benzene rings is 1. The molecule has 0 saturated heterocycles. The Kier molecular flexibility index (Phi) is 4.99. The second-order valence-corrected chi connectivity index (χ2v) is 5.15. The van der Waals surface area contributed by atoms with Crippen LogP contribution in [0.15, 0.2) is 36.4 Å². The Hall–Kier alpha value is -1.58. The Labute approximate surface area is 124 Å². The fourth-order valence-electron chi connectivity index (χ4n) is 2.24. The lowest BCUT2D eigenvalue weighted by molar-refractivity contribution is 0.282. The summed E-state index contributed by atoms with van der Waals surface area (Å²) < 4.78 is 0. The molecule has 0 amide bonds. The largest absolute Gasteiger partial charge is 0.392 e. The van der Waals surface area contributed by atoms with E-state index in [1.54, 1.807) is 0 Å². The summed E-state index contributed by atoms with van der Waals surface area (Å²) in [6, 6.07) is 11.6. The van der Waals surface area contributed by atoms with E-state index in [2.05, 4.69) is 16.8 Å². The van der Waals surface area contributed by atoms with Gasteiger partial charge in [0.15, 0.2) is 0 Å². The molecule has 4 heteroatoms. The smallest absolute Gasteiger partial charge is 0.0702 e. The molecule has 0 radical (unpaired) electrons. The first kappa shape index (κ1) is 14.8. The van der Waals surface area contributed by atoms with Gasteiger partial charge in [-0.1, -0.05) is 17.7 Å². The van der Waals surface area contributed by atoms with Crippen molar-refractivity contribution in [2.24, 2.45) is 0 Å². The molecule has 1 N–H and O–H groups in total. The van der Waals surface area contributed by atoms with Crippen LogP contribution in [-0.4, -0.2) is 16.6 Å². The maximum absolute atomic E-state index is 9.50. The molecule has 0 spiro atoms. The van der Waals surface area contributed by atoms with Gasteiger partial charge in [0.25, 0.3) is 0 Å². The standard InChI is InChI=1S/C16H19ClN2O/c1-3-19(10-15-6-4-5-12(2)18-15)16-8-7-14(17)9-13(16)11-20/h4-9,20H,3,10-11H2,1-2H3. The van der Waals surface area contributed by atoms with E-state index in [-0.39, 0.29) is 6.61 Å². The van der Waals surface area contributed by atoms with Gasteiger partial charge in [0, 0.05) is 28.5 Å². The van der Waals surface area contributed by atoms with E-state index in [1.165, 1.54) is 0 Å². The molecule has 20 heavy (non-hydrogen) atoms. The van der Waals surface area contributed by atoms with Gasteiger partial charge in [0.05, 0.1) is 18.8 Å². The van der Waals surface area contributed by atoms with E-state index in [0.717, 1.165) is 29.2 Å². The summed E-state index contributed by atoms with van der Waals surface area (Å²) in [5.41, 5.74) is 3.87. The molecule has 1 heterocycles. The number of pyridine rings is 1. The van der Waals surface area contributed by atoms with Crippen molar-refractivity contribution in [3.63, 3.8) is 0 Å². The Morgan fingerprint density at radius 1 is 1.25 bits per heavy atom. The number of aliphatic hydroxyl groups is 1. The van der Waals surface area contributed by atoms with E-state index in [9.17, 15) is 5.11 Å². The Balaban J connectivity index is 2.28. The summed E-state index contributed by atoms with van der Waals surface area (Å²) in [5.74, 6) is 0. The van der Waals surface area contributed by atoms with Gasteiger partial charge in [-0.25, -0.2) is 0 Å². The van der Waals surface area contributed by atoms with Crippen molar-refractivity contribution in [1.82, 2.24) is 4.98 Å². The van der Waals surface area contributed by atoms with Crippen LogP contribution in [0.2, 0.25) is 5.02 Å². The quantitative estimate of drug-likeness (QED) is 0.915. The Morgan fingerprint density at radius 2 is 2.05 bits per heavy atom. The van der Waals surface area contributed by atoms with Crippen LogP contribution in [0.1, 0.15) is 23.9 Å². The first-order valence-corrected chi connectivity index (χ1v) is 7.08. The Morgan fingerprint density at radius 3 is 2.70 bits per heavy atom. The number of rotatable bonds is 5. The normalized spacial score (nSPS) is 10.6. The monoisotopic (exact) mass is 290 g/mol. The topological polar surface area (TPSA) is 36.4 Å². The average Bonchev–Trinajstić information content (AvgIpc) is 2.45. The molecule has 0 unspecified atom stereocenters. The fourth-order valence-corrected chi connectivity index (χ4v) is 2.43. The van der Waals surface area contributed by atoms with Gasteiger partial charge >= 0.3 is 0 Å². The van der Waals surface area contributed by atoms with Crippen molar-refractivity contribution in [2.45, 2.75) is 27.0 Å². The third kappa shape index (κ3) is 3.50. The van der Waals surface area contributed by atoms with Crippen molar-refractivity contribution in [3.05, 3.63) is 58.4 Å². The zero-order chi connectivity index (χ0) is 14.5.